The van der Waals surface area contributed by atoms with E-state index in [-0.39, 0.29) is 18.4 Å². The van der Waals surface area contributed by atoms with Gasteiger partial charge in [-0.25, -0.2) is 4.79 Å². The van der Waals surface area contributed by atoms with Gasteiger partial charge in [-0.2, -0.15) is 13.2 Å². The topological polar surface area (TPSA) is 98.7 Å². The molecule has 3 N–H and O–H groups in total. The van der Waals surface area contributed by atoms with Gasteiger partial charge in [0.05, 0.1) is 6.54 Å². The van der Waals surface area contributed by atoms with Gasteiger partial charge in [-0.05, 0) is 79.1 Å². The highest BCUT2D eigenvalue weighted by Gasteiger charge is 2.38. The first-order chi connectivity index (χ1) is 17.5. The number of nitrogens with one attached hydrogen (secondary N) is 2. The van der Waals surface area contributed by atoms with Crippen LogP contribution in [0.4, 0.5) is 13.2 Å². The van der Waals surface area contributed by atoms with Crippen molar-refractivity contribution in [1.29, 1.82) is 0 Å². The van der Waals surface area contributed by atoms with Crippen LogP contribution in [0, 0.1) is 0 Å². The molecule has 0 bridgehead atoms. The zero-order chi connectivity index (χ0) is 27.0. The number of rotatable bonds is 4. The summed E-state index contributed by atoms with van der Waals surface area (Å²) in [7, 11) is 0. The van der Waals surface area contributed by atoms with Crippen molar-refractivity contribution in [1.82, 2.24) is 15.5 Å². The molecule has 0 radical (unpaired) electrons. The van der Waals surface area contributed by atoms with Crippen molar-refractivity contribution in [2.75, 3.05) is 26.2 Å². The minimum Gasteiger partial charge on any atom is -0.475 e. The average molecular weight is 540 g/mol. The van der Waals surface area contributed by atoms with E-state index in [1.54, 1.807) is 0 Å². The summed E-state index contributed by atoms with van der Waals surface area (Å²) in [6, 6.07) is 13.8. The van der Waals surface area contributed by atoms with E-state index in [0.717, 1.165) is 43.8 Å². The number of amides is 2. The fourth-order valence-electron chi connectivity index (χ4n) is 4.37. The Balaban J connectivity index is 0.000000479. The molecule has 0 spiro atoms. The lowest BCUT2D eigenvalue weighted by Crippen LogP contribution is -2.43. The monoisotopic (exact) mass is 539 g/mol. The highest BCUT2D eigenvalue weighted by Crippen LogP contribution is 2.28. The number of carbonyl (C=O) groups excluding carboxylic acids is 2. The van der Waals surface area contributed by atoms with Gasteiger partial charge in [-0.1, -0.05) is 29.8 Å². The van der Waals surface area contributed by atoms with Gasteiger partial charge >= 0.3 is 12.1 Å². The Morgan fingerprint density at radius 2 is 1.70 bits per heavy atom. The number of nitrogens with zero attached hydrogens (tertiary/aromatic N) is 1. The Bertz CT molecular complexity index is 1100. The molecule has 7 nitrogen and oxygen atoms in total. The predicted octanol–water partition coefficient (Wildman–Crippen LogP) is 4.15. The summed E-state index contributed by atoms with van der Waals surface area (Å²) in [6.07, 6.45) is -1.07. The number of alkyl halides is 3. The highest BCUT2D eigenvalue weighted by molar-refractivity contribution is 6.30. The molecule has 2 aromatic rings. The summed E-state index contributed by atoms with van der Waals surface area (Å²) in [5.41, 5.74) is 4.37. The maximum atomic E-state index is 12.6. The second kappa shape index (κ2) is 12.9. The smallest absolute Gasteiger partial charge is 0.475 e. The second-order valence-electron chi connectivity index (χ2n) is 8.96. The average Bonchev–Trinajstić information content (AvgIpc) is 3.12. The van der Waals surface area contributed by atoms with Crippen molar-refractivity contribution < 1.29 is 32.7 Å². The van der Waals surface area contributed by atoms with Crippen LogP contribution < -0.4 is 10.6 Å². The zero-order valence-corrected chi connectivity index (χ0v) is 20.9. The van der Waals surface area contributed by atoms with Gasteiger partial charge in [-0.3, -0.25) is 9.59 Å². The number of carboxylic acids is 1. The zero-order valence-electron chi connectivity index (χ0n) is 20.1. The Labute approximate surface area is 218 Å². The molecule has 2 amide bonds. The number of carboxylic acid groups (broad SMARTS) is 1. The molecule has 4 rings (SSSR count). The van der Waals surface area contributed by atoms with E-state index in [0.29, 0.717) is 24.6 Å². The molecule has 1 saturated heterocycles. The number of likely N-dealkylation sites (tertiary alicyclic amines) is 1. The molecule has 2 aliphatic rings. The van der Waals surface area contributed by atoms with Crippen LogP contribution in [0.5, 0.6) is 0 Å². The Hall–Kier alpha value is -3.11. The molecule has 0 aromatic heterocycles. The first-order valence-corrected chi connectivity index (χ1v) is 12.4. The SMILES string of the molecule is O=C(NCC(=O)N1CCC(c2ccc(Cl)cc2)CC1)c1ccc2c(c1)CNCCC2.O=C(O)C(F)(F)F. The van der Waals surface area contributed by atoms with E-state index >= 15 is 0 Å². The summed E-state index contributed by atoms with van der Waals surface area (Å²) >= 11 is 5.97. The maximum Gasteiger partial charge on any atom is 0.490 e. The molecule has 2 heterocycles. The summed E-state index contributed by atoms with van der Waals surface area (Å²) in [5.74, 6) is -2.51. The molecule has 37 heavy (non-hydrogen) atoms. The van der Waals surface area contributed by atoms with Gasteiger partial charge in [0.2, 0.25) is 5.91 Å². The molecular weight excluding hydrogens is 511 g/mol. The number of hydrogen-bond donors (Lipinski definition) is 3. The minimum absolute atomic E-state index is 0.0191. The number of fused-ring (bicyclic) bond motifs is 1. The Kier molecular flexibility index (Phi) is 9.93. The van der Waals surface area contributed by atoms with E-state index in [1.165, 1.54) is 16.7 Å². The lowest BCUT2D eigenvalue weighted by molar-refractivity contribution is -0.192. The van der Waals surface area contributed by atoms with Gasteiger partial charge in [0.15, 0.2) is 0 Å². The largest absolute Gasteiger partial charge is 0.490 e. The predicted molar refractivity (Wildman–Crippen MR) is 133 cm³/mol. The number of carbonyl (C=O) groups is 3. The third-order valence-electron chi connectivity index (χ3n) is 6.42. The maximum absolute atomic E-state index is 12.6. The van der Waals surface area contributed by atoms with Gasteiger partial charge in [0.25, 0.3) is 5.91 Å². The molecule has 0 unspecified atom stereocenters. The van der Waals surface area contributed by atoms with Crippen molar-refractivity contribution in [3.8, 4) is 0 Å². The molecule has 2 aliphatic heterocycles. The standard InChI is InChI=1S/C24H28ClN3O2.C2HF3O2/c25-22-7-5-18(6-8-22)19-9-12-28(13-10-19)23(29)16-27-24(30)20-4-3-17-2-1-11-26-15-21(17)14-20;3-2(4,5)1(6)7/h3-8,14,19,26H,1-2,9-13,15-16H2,(H,27,30);(H,6,7). The normalized spacial score (nSPS) is 16.1. The number of hydrogen-bond acceptors (Lipinski definition) is 4. The van der Waals surface area contributed by atoms with Gasteiger partial charge < -0.3 is 20.6 Å². The van der Waals surface area contributed by atoms with Crippen LogP contribution in [0.1, 0.15) is 52.2 Å². The molecule has 11 heteroatoms. The van der Waals surface area contributed by atoms with Crippen LogP contribution in [-0.4, -0.2) is 60.1 Å². The number of benzene rings is 2. The molecular formula is C26H29ClF3N3O4. The number of aliphatic carboxylic acids is 1. The van der Waals surface area contributed by atoms with E-state index in [1.807, 2.05) is 35.2 Å². The van der Waals surface area contributed by atoms with Crippen molar-refractivity contribution in [3.63, 3.8) is 0 Å². The molecule has 200 valence electrons. The lowest BCUT2D eigenvalue weighted by atomic mass is 9.89. The van der Waals surface area contributed by atoms with Crippen LogP contribution in [0.15, 0.2) is 42.5 Å². The van der Waals surface area contributed by atoms with Gasteiger partial charge in [0, 0.05) is 30.2 Å². The number of piperidine rings is 1. The fraction of sp³-hybridized carbons (Fsp3) is 0.423. The number of halogens is 4. The Morgan fingerprint density at radius 1 is 1.05 bits per heavy atom. The van der Waals surface area contributed by atoms with Gasteiger partial charge in [-0.15, -0.1) is 0 Å². The highest BCUT2D eigenvalue weighted by atomic mass is 35.5. The van der Waals surface area contributed by atoms with E-state index in [9.17, 15) is 22.8 Å². The fourth-order valence-corrected chi connectivity index (χ4v) is 4.50. The van der Waals surface area contributed by atoms with E-state index in [2.05, 4.69) is 22.8 Å². The first-order valence-electron chi connectivity index (χ1n) is 12.0. The minimum atomic E-state index is -5.08. The van der Waals surface area contributed by atoms with Gasteiger partial charge in [0.1, 0.15) is 0 Å². The molecule has 2 aromatic carbocycles. The molecule has 0 aliphatic carbocycles. The van der Waals surface area contributed by atoms with Crippen molar-refractivity contribution in [2.45, 2.75) is 44.3 Å². The van der Waals surface area contributed by atoms with Crippen molar-refractivity contribution in [3.05, 3.63) is 69.7 Å². The first kappa shape index (κ1) is 28.5. The third-order valence-corrected chi connectivity index (χ3v) is 6.67. The van der Waals surface area contributed by atoms with Crippen molar-refractivity contribution >= 4 is 29.4 Å². The quantitative estimate of drug-likeness (QED) is 0.542. The third kappa shape index (κ3) is 8.46. The molecule has 1 fully saturated rings. The van der Waals surface area contributed by atoms with Crippen LogP contribution in [0.25, 0.3) is 0 Å². The lowest BCUT2D eigenvalue weighted by Gasteiger charge is -2.32. The van der Waals surface area contributed by atoms with E-state index in [4.69, 9.17) is 21.5 Å². The summed E-state index contributed by atoms with van der Waals surface area (Å²) in [5, 5.41) is 14.1. The summed E-state index contributed by atoms with van der Waals surface area (Å²) in [6.45, 7) is 3.26. The van der Waals surface area contributed by atoms with E-state index < -0.39 is 12.1 Å². The second-order valence-corrected chi connectivity index (χ2v) is 9.39. The summed E-state index contributed by atoms with van der Waals surface area (Å²) < 4.78 is 31.7. The molecule has 0 atom stereocenters. The number of aryl methyl sites for hydroxylation is 1. The van der Waals surface area contributed by atoms with Crippen LogP contribution >= 0.6 is 11.6 Å². The van der Waals surface area contributed by atoms with Crippen LogP contribution in [-0.2, 0) is 22.6 Å². The molecule has 0 saturated carbocycles. The van der Waals surface area contributed by atoms with Crippen molar-refractivity contribution in [2.24, 2.45) is 0 Å². The van der Waals surface area contributed by atoms with Crippen LogP contribution in [0.3, 0.4) is 0 Å². The van der Waals surface area contributed by atoms with Crippen LogP contribution in [0.2, 0.25) is 5.02 Å². The Morgan fingerprint density at radius 3 is 2.32 bits per heavy atom. The summed E-state index contributed by atoms with van der Waals surface area (Å²) in [4.78, 5) is 35.9.